The van der Waals surface area contributed by atoms with Gasteiger partial charge in [0.1, 0.15) is 11.5 Å². The Morgan fingerprint density at radius 3 is 1.83 bits per heavy atom. The number of carbonyl (C=O) groups is 1. The largest absolute Gasteiger partial charge is 0.507 e. The van der Waals surface area contributed by atoms with Gasteiger partial charge in [-0.25, -0.2) is 0 Å². The van der Waals surface area contributed by atoms with Crippen LogP contribution in [0.4, 0.5) is 0 Å². The monoisotopic (exact) mass is 506 g/mol. The molecule has 0 fully saturated rings. The van der Waals surface area contributed by atoms with Gasteiger partial charge in [0.25, 0.3) is 0 Å². The normalized spacial score (nSPS) is 11.3. The lowest BCUT2D eigenvalue weighted by molar-refractivity contribution is -0.147. The summed E-state index contributed by atoms with van der Waals surface area (Å²) >= 11 is 0. The Morgan fingerprint density at radius 2 is 1.47 bits per heavy atom. The molecule has 0 saturated carbocycles. The van der Waals surface area contributed by atoms with Gasteiger partial charge in [-0.1, -0.05) is 47.8 Å². The van der Waals surface area contributed by atoms with Crippen LogP contribution in [-0.2, 0) is 33.9 Å². The molecule has 2 rings (SSSR count). The number of phenolic OH excluding ortho intramolecular Hbond substituents is 1. The number of benzene rings is 2. The van der Waals surface area contributed by atoms with Crippen LogP contribution in [0.5, 0.6) is 11.5 Å². The van der Waals surface area contributed by atoms with Gasteiger partial charge in [0.05, 0.1) is 25.2 Å². The maximum Gasteiger partial charge on any atom is 0.309 e. The Labute approximate surface area is 219 Å². The Bertz CT molecular complexity index is 847. The predicted molar refractivity (Wildman–Crippen MR) is 149 cm³/mol. The smallest absolute Gasteiger partial charge is 0.309 e. The molecule has 6 nitrogen and oxygen atoms in total. The van der Waals surface area contributed by atoms with E-state index in [4.69, 9.17) is 19.3 Å². The molecule has 0 amide bonds. The van der Waals surface area contributed by atoms with Crippen molar-refractivity contribution >= 4 is 5.97 Å². The molecule has 206 valence electrons. The number of carboxylic acid groups (broad SMARTS) is 1. The van der Waals surface area contributed by atoms with Crippen LogP contribution in [0.2, 0.25) is 0 Å². The Kier molecular flexibility index (Phi) is 17.6. The summed E-state index contributed by atoms with van der Waals surface area (Å²) in [6, 6.07) is 12.3. The molecule has 2 aromatic carbocycles. The van der Waals surface area contributed by atoms with Crippen LogP contribution in [-0.4, -0.2) is 37.0 Å². The molecule has 2 aromatic rings. The number of hydrogen-bond acceptors (Lipinski definition) is 5. The molecule has 0 aliphatic rings. The summed E-state index contributed by atoms with van der Waals surface area (Å²) in [5.41, 5.74) is 3.44. The van der Waals surface area contributed by atoms with Crippen molar-refractivity contribution in [1.82, 2.24) is 0 Å². The van der Waals surface area contributed by atoms with Crippen LogP contribution in [0.1, 0.15) is 90.5 Å². The molecule has 0 aromatic heterocycles. The van der Waals surface area contributed by atoms with Crippen LogP contribution >= 0.6 is 0 Å². The fourth-order valence-electron chi connectivity index (χ4n) is 3.07. The number of carboxylic acids is 1. The van der Waals surface area contributed by atoms with E-state index in [0.717, 1.165) is 35.3 Å². The lowest BCUT2D eigenvalue weighted by Gasteiger charge is -2.14. The molecule has 0 radical (unpaired) electrons. The van der Waals surface area contributed by atoms with Crippen molar-refractivity contribution in [3.63, 3.8) is 0 Å². The van der Waals surface area contributed by atoms with Crippen LogP contribution in [0.15, 0.2) is 36.4 Å². The first kappa shape index (κ1) is 35.6. The average molecular weight is 507 g/mol. The Balaban J connectivity index is 0. The van der Waals surface area contributed by atoms with Gasteiger partial charge >= 0.3 is 5.97 Å². The summed E-state index contributed by atoms with van der Waals surface area (Å²) in [4.78, 5) is 10.3. The van der Waals surface area contributed by atoms with E-state index in [1.807, 2.05) is 31.2 Å². The summed E-state index contributed by atoms with van der Waals surface area (Å²) in [7, 11) is 3.24. The number of methoxy groups -OCH3 is 2. The first-order valence-corrected chi connectivity index (χ1v) is 11.9. The molecule has 1 atom stereocenters. The number of ether oxygens (including phenoxy) is 3. The summed E-state index contributed by atoms with van der Waals surface area (Å²) in [6.07, 6.45) is 2.57. The van der Waals surface area contributed by atoms with Gasteiger partial charge in [0.15, 0.2) is 0 Å². The SMILES string of the molecule is C.C.CCC(C)(C)C(=O)O.CCC(C)c1ccc(OCCc2cc(COC)c(O)c(COC)c2)cc1. The highest BCUT2D eigenvalue weighted by atomic mass is 16.5. The van der Waals surface area contributed by atoms with E-state index in [1.165, 1.54) is 5.56 Å². The maximum atomic E-state index is 10.3. The summed E-state index contributed by atoms with van der Waals surface area (Å²) in [5.74, 6) is 0.975. The third-order valence-electron chi connectivity index (χ3n) is 6.11. The second-order valence-corrected chi connectivity index (χ2v) is 9.15. The molecule has 1 unspecified atom stereocenters. The molecule has 2 N–H and O–H groups in total. The minimum atomic E-state index is -0.722. The Hall–Kier alpha value is -2.57. The third-order valence-corrected chi connectivity index (χ3v) is 6.11. The zero-order valence-electron chi connectivity index (χ0n) is 21.8. The van der Waals surface area contributed by atoms with E-state index in [9.17, 15) is 9.90 Å². The summed E-state index contributed by atoms with van der Waals surface area (Å²) < 4.78 is 16.2. The fourth-order valence-corrected chi connectivity index (χ4v) is 3.07. The summed E-state index contributed by atoms with van der Waals surface area (Å²) in [6.45, 7) is 11.0. The van der Waals surface area contributed by atoms with Crippen LogP contribution in [0.25, 0.3) is 0 Å². The highest BCUT2D eigenvalue weighted by Crippen LogP contribution is 2.27. The molecule has 0 heterocycles. The lowest BCUT2D eigenvalue weighted by atomic mass is 9.91. The number of phenols is 1. The molecule has 6 heteroatoms. The van der Waals surface area contributed by atoms with Crippen LogP contribution in [0.3, 0.4) is 0 Å². The highest BCUT2D eigenvalue weighted by Gasteiger charge is 2.23. The molecular formula is C30H50O6. The molecule has 0 bridgehead atoms. The van der Waals surface area contributed by atoms with Crippen molar-refractivity contribution in [2.45, 2.75) is 87.9 Å². The number of aromatic hydroxyl groups is 1. The van der Waals surface area contributed by atoms with Gasteiger partial charge in [-0.15, -0.1) is 0 Å². The lowest BCUT2D eigenvalue weighted by Crippen LogP contribution is -2.21. The molecule has 36 heavy (non-hydrogen) atoms. The first-order chi connectivity index (χ1) is 16.1. The minimum Gasteiger partial charge on any atom is -0.507 e. The molecular weight excluding hydrogens is 456 g/mol. The van der Waals surface area contributed by atoms with Crippen molar-refractivity contribution in [3.8, 4) is 11.5 Å². The van der Waals surface area contributed by atoms with Gasteiger partial charge in [0, 0.05) is 31.8 Å². The fraction of sp³-hybridized carbons (Fsp3) is 0.567. The standard InChI is InChI=1S/C22H30O4.C6H12O2.2CH4/c1-5-16(2)18-6-8-21(9-7-18)26-11-10-17-12-19(14-24-3)22(23)20(13-17)15-25-4;1-4-6(2,3)5(7)8;;/h6-9,12-13,16,23H,5,10-11,14-15H2,1-4H3;4H2,1-3H3,(H,7,8);2*1H4. The van der Waals surface area contributed by atoms with Crippen molar-refractivity contribution in [2.75, 3.05) is 20.8 Å². The zero-order chi connectivity index (χ0) is 25.7. The van der Waals surface area contributed by atoms with E-state index in [-0.39, 0.29) is 20.6 Å². The predicted octanol–water partition coefficient (Wildman–Crippen LogP) is 7.60. The second-order valence-electron chi connectivity index (χ2n) is 9.15. The number of rotatable bonds is 12. The molecule has 0 spiro atoms. The third kappa shape index (κ3) is 11.4. The maximum absolute atomic E-state index is 10.3. The van der Waals surface area contributed by atoms with Gasteiger partial charge in [0.2, 0.25) is 0 Å². The minimum absolute atomic E-state index is 0. The number of aliphatic carboxylic acids is 1. The topological polar surface area (TPSA) is 85.2 Å². The van der Waals surface area contributed by atoms with E-state index >= 15 is 0 Å². The average Bonchev–Trinajstić information content (AvgIpc) is 2.82. The van der Waals surface area contributed by atoms with E-state index in [0.29, 0.717) is 32.2 Å². The van der Waals surface area contributed by atoms with Crippen LogP contribution < -0.4 is 4.74 Å². The van der Waals surface area contributed by atoms with E-state index in [1.54, 1.807) is 28.1 Å². The summed E-state index contributed by atoms with van der Waals surface area (Å²) in [5, 5.41) is 18.7. The van der Waals surface area contributed by atoms with Crippen molar-refractivity contribution < 1.29 is 29.2 Å². The van der Waals surface area contributed by atoms with E-state index < -0.39 is 11.4 Å². The van der Waals surface area contributed by atoms with Gasteiger partial charge in [-0.3, -0.25) is 4.79 Å². The quantitative estimate of drug-likeness (QED) is 0.308. The van der Waals surface area contributed by atoms with Gasteiger partial charge in [-0.2, -0.15) is 0 Å². The highest BCUT2D eigenvalue weighted by molar-refractivity contribution is 5.73. The van der Waals surface area contributed by atoms with Gasteiger partial charge < -0.3 is 24.4 Å². The van der Waals surface area contributed by atoms with Crippen LogP contribution in [0, 0.1) is 5.41 Å². The van der Waals surface area contributed by atoms with Crippen molar-refractivity contribution in [2.24, 2.45) is 5.41 Å². The first-order valence-electron chi connectivity index (χ1n) is 11.9. The van der Waals surface area contributed by atoms with Crippen molar-refractivity contribution in [3.05, 3.63) is 58.7 Å². The van der Waals surface area contributed by atoms with Crippen molar-refractivity contribution in [1.29, 1.82) is 0 Å². The molecule has 0 aliphatic carbocycles. The van der Waals surface area contributed by atoms with Gasteiger partial charge in [-0.05, 0) is 68.0 Å². The Morgan fingerprint density at radius 1 is 0.972 bits per heavy atom. The molecule has 0 saturated heterocycles. The number of hydrogen-bond donors (Lipinski definition) is 2. The second kappa shape index (κ2) is 17.8. The molecule has 0 aliphatic heterocycles. The van der Waals surface area contributed by atoms with E-state index in [2.05, 4.69) is 26.0 Å². The zero-order valence-corrected chi connectivity index (χ0v) is 21.8.